The fraction of sp³-hybridized carbons (Fsp3) is 0.214. The van der Waals surface area contributed by atoms with Crippen LogP contribution in [0.1, 0.15) is 41.3 Å². The third-order valence-electron chi connectivity index (χ3n) is 5.86. The summed E-state index contributed by atoms with van der Waals surface area (Å²) in [6, 6.07) is 17.3. The molecule has 196 valence electrons. The number of urea groups is 1. The zero-order chi connectivity index (χ0) is 27.1. The number of carbonyl (C=O) groups excluding carboxylic acids is 2. The number of thioether (sulfide) groups is 1. The van der Waals surface area contributed by atoms with Crippen molar-refractivity contribution in [1.82, 2.24) is 5.43 Å². The monoisotopic (exact) mass is 534 g/mol. The van der Waals surface area contributed by atoms with Gasteiger partial charge >= 0.3 is 12.0 Å². The molecule has 0 atom stereocenters. The van der Waals surface area contributed by atoms with E-state index in [1.807, 2.05) is 37.3 Å². The van der Waals surface area contributed by atoms with E-state index in [0.717, 1.165) is 41.2 Å². The molecule has 0 bridgehead atoms. The minimum absolute atomic E-state index is 0.156. The minimum Gasteiger partial charge on any atom is -0.478 e. The van der Waals surface area contributed by atoms with Gasteiger partial charge in [0.15, 0.2) is 5.71 Å². The molecule has 1 aliphatic rings. The third kappa shape index (κ3) is 6.57. The van der Waals surface area contributed by atoms with E-state index in [0.29, 0.717) is 17.8 Å². The number of hydrogen-bond donors (Lipinski definition) is 3. The molecular weight excluding hydrogens is 507 g/mol. The van der Waals surface area contributed by atoms with Crippen LogP contribution in [0, 0.1) is 5.82 Å². The molecule has 0 aromatic heterocycles. The van der Waals surface area contributed by atoms with Crippen molar-refractivity contribution < 1.29 is 23.9 Å². The number of carbonyl (C=O) groups is 3. The highest BCUT2D eigenvalue weighted by molar-refractivity contribution is 7.99. The highest BCUT2D eigenvalue weighted by Crippen LogP contribution is 2.33. The number of hydrogen-bond acceptors (Lipinski definition) is 5. The first-order valence-electron chi connectivity index (χ1n) is 12.2. The van der Waals surface area contributed by atoms with E-state index >= 15 is 0 Å². The van der Waals surface area contributed by atoms with Crippen LogP contribution in [-0.4, -0.2) is 41.0 Å². The molecule has 1 heterocycles. The summed E-state index contributed by atoms with van der Waals surface area (Å²) in [5.74, 6) is -0.803. The average molecular weight is 535 g/mol. The number of anilines is 2. The van der Waals surface area contributed by atoms with Crippen LogP contribution in [0.4, 0.5) is 20.6 Å². The van der Waals surface area contributed by atoms with Gasteiger partial charge in [-0.05, 0) is 85.2 Å². The summed E-state index contributed by atoms with van der Waals surface area (Å²) in [5.41, 5.74) is 5.67. The molecule has 3 aromatic rings. The maximum Gasteiger partial charge on any atom is 0.339 e. The Hall–Kier alpha value is -4.18. The van der Waals surface area contributed by atoms with Gasteiger partial charge in [-0.1, -0.05) is 19.1 Å². The normalized spacial score (nSPS) is 13.5. The second kappa shape index (κ2) is 12.4. The SMILES string of the molecule is CCCN1C(=O)C(=NNC(=O)Nc2ccc(F)cc2)c2cc(SCCCc3ccc(C(=O)O)cc3)ccc21. The number of fused-ring (bicyclic) bond motifs is 1. The van der Waals surface area contributed by atoms with Crippen LogP contribution in [0.5, 0.6) is 0 Å². The molecule has 38 heavy (non-hydrogen) atoms. The maximum atomic E-state index is 13.1. The van der Waals surface area contributed by atoms with Crippen molar-refractivity contribution in [2.75, 3.05) is 22.5 Å². The lowest BCUT2D eigenvalue weighted by Crippen LogP contribution is -2.33. The van der Waals surface area contributed by atoms with Gasteiger partial charge in [0, 0.05) is 22.7 Å². The number of carboxylic acid groups (broad SMARTS) is 1. The number of rotatable bonds is 10. The van der Waals surface area contributed by atoms with Crippen molar-refractivity contribution in [2.45, 2.75) is 31.1 Å². The van der Waals surface area contributed by atoms with Gasteiger partial charge in [-0.15, -0.1) is 11.8 Å². The number of benzene rings is 3. The molecule has 0 fully saturated rings. The van der Waals surface area contributed by atoms with E-state index in [1.54, 1.807) is 28.8 Å². The van der Waals surface area contributed by atoms with Gasteiger partial charge in [-0.3, -0.25) is 4.79 Å². The minimum atomic E-state index is -0.939. The van der Waals surface area contributed by atoms with Gasteiger partial charge in [-0.25, -0.2) is 19.4 Å². The number of carboxylic acids is 1. The number of nitrogens with zero attached hydrogens (tertiary/aromatic N) is 2. The van der Waals surface area contributed by atoms with Crippen LogP contribution in [0.2, 0.25) is 0 Å². The maximum absolute atomic E-state index is 13.1. The van der Waals surface area contributed by atoms with E-state index in [9.17, 15) is 18.8 Å². The average Bonchev–Trinajstić information content (AvgIpc) is 3.17. The number of nitrogens with one attached hydrogen (secondary N) is 2. The van der Waals surface area contributed by atoms with Crippen molar-refractivity contribution in [3.05, 3.63) is 89.2 Å². The molecule has 0 aliphatic carbocycles. The summed E-state index contributed by atoms with van der Waals surface area (Å²) >= 11 is 1.65. The molecular formula is C28H27FN4O4S. The Balaban J connectivity index is 1.41. The van der Waals surface area contributed by atoms with Crippen LogP contribution in [0.3, 0.4) is 0 Å². The first-order chi connectivity index (χ1) is 18.4. The molecule has 3 amide bonds. The predicted octanol–water partition coefficient (Wildman–Crippen LogP) is 5.53. The van der Waals surface area contributed by atoms with Gasteiger partial charge in [0.05, 0.1) is 11.3 Å². The standard InChI is InChI=1S/C28H27FN4O4S/c1-2-15-33-24-14-13-22(38-16-3-4-18-5-7-19(8-6-18)27(35)36)17-23(24)25(26(33)34)31-32-28(37)30-21-11-9-20(29)10-12-21/h5-14,17H,2-4,15-16H2,1H3,(H,35,36)(H2,30,32,37). The fourth-order valence-electron chi connectivity index (χ4n) is 4.02. The lowest BCUT2D eigenvalue weighted by atomic mass is 10.1. The summed E-state index contributed by atoms with van der Waals surface area (Å²) in [4.78, 5) is 39.0. The Labute approximate surface area is 223 Å². The van der Waals surface area contributed by atoms with E-state index < -0.39 is 17.8 Å². The Morgan fingerprint density at radius 1 is 1.05 bits per heavy atom. The third-order valence-corrected chi connectivity index (χ3v) is 6.94. The summed E-state index contributed by atoms with van der Waals surface area (Å²) < 4.78 is 13.1. The van der Waals surface area contributed by atoms with E-state index in [2.05, 4.69) is 15.8 Å². The first-order valence-corrected chi connectivity index (χ1v) is 13.2. The zero-order valence-electron chi connectivity index (χ0n) is 20.7. The van der Waals surface area contributed by atoms with Crippen molar-refractivity contribution >= 4 is 46.8 Å². The van der Waals surface area contributed by atoms with Gasteiger partial charge in [0.25, 0.3) is 5.91 Å². The Kier molecular flexibility index (Phi) is 8.75. The van der Waals surface area contributed by atoms with Gasteiger partial charge in [0.1, 0.15) is 5.82 Å². The topological polar surface area (TPSA) is 111 Å². The van der Waals surface area contributed by atoms with Gasteiger partial charge in [-0.2, -0.15) is 5.10 Å². The Morgan fingerprint density at radius 3 is 2.47 bits per heavy atom. The molecule has 0 saturated carbocycles. The van der Waals surface area contributed by atoms with Crippen LogP contribution in [0.25, 0.3) is 0 Å². The van der Waals surface area contributed by atoms with Crippen molar-refractivity contribution in [2.24, 2.45) is 5.10 Å². The van der Waals surface area contributed by atoms with E-state index in [4.69, 9.17) is 5.11 Å². The van der Waals surface area contributed by atoms with Crippen molar-refractivity contribution in [3.63, 3.8) is 0 Å². The molecule has 0 radical (unpaired) electrons. The molecule has 0 unspecified atom stereocenters. The number of halogens is 1. The molecule has 10 heteroatoms. The quantitative estimate of drug-likeness (QED) is 0.180. The largest absolute Gasteiger partial charge is 0.478 e. The van der Waals surface area contributed by atoms with E-state index in [1.165, 1.54) is 24.3 Å². The predicted molar refractivity (Wildman–Crippen MR) is 147 cm³/mol. The van der Waals surface area contributed by atoms with Crippen LogP contribution < -0.4 is 15.6 Å². The number of aryl methyl sites for hydroxylation is 1. The molecule has 0 saturated heterocycles. The molecule has 4 rings (SSSR count). The number of hydrazone groups is 1. The van der Waals surface area contributed by atoms with Crippen LogP contribution in [0.15, 0.2) is 76.7 Å². The highest BCUT2D eigenvalue weighted by atomic mass is 32.2. The second-order valence-corrected chi connectivity index (χ2v) is 9.79. The van der Waals surface area contributed by atoms with Crippen LogP contribution in [-0.2, 0) is 11.2 Å². The summed E-state index contributed by atoms with van der Waals surface area (Å²) in [6.45, 7) is 2.51. The highest BCUT2D eigenvalue weighted by Gasteiger charge is 2.34. The van der Waals surface area contributed by atoms with Crippen LogP contribution >= 0.6 is 11.8 Å². The van der Waals surface area contributed by atoms with Gasteiger partial charge < -0.3 is 15.3 Å². The molecule has 0 spiro atoms. The first kappa shape index (κ1) is 26.9. The zero-order valence-corrected chi connectivity index (χ0v) is 21.6. The molecule has 3 aromatic carbocycles. The Morgan fingerprint density at radius 2 is 1.79 bits per heavy atom. The lowest BCUT2D eigenvalue weighted by molar-refractivity contribution is -0.112. The Bertz CT molecular complexity index is 1360. The summed E-state index contributed by atoms with van der Waals surface area (Å²) in [5, 5.41) is 15.7. The number of amides is 3. The fourth-order valence-corrected chi connectivity index (χ4v) is 4.91. The van der Waals surface area contributed by atoms with Crippen molar-refractivity contribution in [3.8, 4) is 0 Å². The molecule has 8 nitrogen and oxygen atoms in total. The van der Waals surface area contributed by atoms with Crippen molar-refractivity contribution in [1.29, 1.82) is 0 Å². The summed E-state index contributed by atoms with van der Waals surface area (Å²) in [7, 11) is 0. The smallest absolute Gasteiger partial charge is 0.339 e. The summed E-state index contributed by atoms with van der Waals surface area (Å²) in [6.07, 6.45) is 2.47. The number of aromatic carboxylic acids is 1. The van der Waals surface area contributed by atoms with Gasteiger partial charge in [0.2, 0.25) is 0 Å². The second-order valence-electron chi connectivity index (χ2n) is 8.62. The molecule has 1 aliphatic heterocycles. The van der Waals surface area contributed by atoms with E-state index in [-0.39, 0.29) is 17.2 Å². The lowest BCUT2D eigenvalue weighted by Gasteiger charge is -2.15. The molecule has 3 N–H and O–H groups in total.